The number of benzene rings is 2. The summed E-state index contributed by atoms with van der Waals surface area (Å²) < 4.78 is 5.99. The molecule has 0 aliphatic rings. The van der Waals surface area contributed by atoms with Gasteiger partial charge in [-0.3, -0.25) is 0 Å². The van der Waals surface area contributed by atoms with Gasteiger partial charge in [0, 0.05) is 23.7 Å². The highest BCUT2D eigenvalue weighted by atomic mass is 35.5. The maximum absolute atomic E-state index is 9.11. The van der Waals surface area contributed by atoms with Crippen LogP contribution in [-0.2, 0) is 13.0 Å². The number of para-hydroxylation sites is 1. The fourth-order valence-corrected chi connectivity index (χ4v) is 2.26. The summed E-state index contributed by atoms with van der Waals surface area (Å²) in [5, 5.41) is 12.9. The van der Waals surface area contributed by atoms with Gasteiger partial charge in [-0.15, -0.1) is 0 Å². The summed E-state index contributed by atoms with van der Waals surface area (Å²) in [5.74, 6) is 1.48. The summed E-state index contributed by atoms with van der Waals surface area (Å²) in [6.07, 6.45) is 0.568. The topological polar surface area (TPSA) is 41.5 Å². The molecular weight excluding hydrogens is 274 g/mol. The summed E-state index contributed by atoms with van der Waals surface area (Å²) in [7, 11) is 1.87. The second-order valence-electron chi connectivity index (χ2n) is 4.43. The maximum Gasteiger partial charge on any atom is 0.133 e. The van der Waals surface area contributed by atoms with Gasteiger partial charge in [0.25, 0.3) is 0 Å². The van der Waals surface area contributed by atoms with Crippen molar-refractivity contribution in [2.75, 3.05) is 13.7 Å². The Hall–Kier alpha value is -1.55. The molecular formula is C16H18ClNO2. The Bertz CT molecular complexity index is 572. The molecule has 0 saturated carbocycles. The van der Waals surface area contributed by atoms with Crippen LogP contribution in [0.4, 0.5) is 0 Å². The average Bonchev–Trinajstić information content (AvgIpc) is 2.45. The number of halogens is 1. The van der Waals surface area contributed by atoms with Crippen molar-refractivity contribution in [3.05, 3.63) is 58.6 Å². The van der Waals surface area contributed by atoms with Crippen molar-refractivity contribution >= 4 is 11.6 Å². The quantitative estimate of drug-likeness (QED) is 0.857. The van der Waals surface area contributed by atoms with E-state index in [4.69, 9.17) is 21.4 Å². The van der Waals surface area contributed by atoms with Gasteiger partial charge in [0.15, 0.2) is 0 Å². The van der Waals surface area contributed by atoms with Gasteiger partial charge in [-0.2, -0.15) is 0 Å². The fraction of sp³-hybridized carbons (Fsp3) is 0.250. The summed E-state index contributed by atoms with van der Waals surface area (Å²) in [6, 6.07) is 13.3. The van der Waals surface area contributed by atoms with E-state index in [9.17, 15) is 0 Å². The van der Waals surface area contributed by atoms with Crippen molar-refractivity contribution in [1.29, 1.82) is 0 Å². The van der Waals surface area contributed by atoms with E-state index in [1.807, 2.05) is 49.5 Å². The van der Waals surface area contributed by atoms with Crippen LogP contribution in [0.15, 0.2) is 42.5 Å². The first-order chi connectivity index (χ1) is 9.76. The van der Waals surface area contributed by atoms with Crippen LogP contribution >= 0.6 is 11.6 Å². The zero-order chi connectivity index (χ0) is 14.4. The molecule has 2 rings (SSSR count). The first-order valence-electron chi connectivity index (χ1n) is 6.55. The molecule has 0 aliphatic carbocycles. The van der Waals surface area contributed by atoms with E-state index in [-0.39, 0.29) is 6.61 Å². The number of aliphatic hydroxyl groups excluding tert-OH is 1. The van der Waals surface area contributed by atoms with E-state index in [1.165, 1.54) is 0 Å². The predicted molar refractivity (Wildman–Crippen MR) is 81.5 cm³/mol. The highest BCUT2D eigenvalue weighted by Crippen LogP contribution is 2.32. The van der Waals surface area contributed by atoms with Crippen LogP contribution in [0.5, 0.6) is 11.5 Å². The van der Waals surface area contributed by atoms with Gasteiger partial charge in [0.2, 0.25) is 0 Å². The predicted octanol–water partition coefficient (Wildman–Crippen LogP) is 3.39. The van der Waals surface area contributed by atoms with Gasteiger partial charge in [-0.25, -0.2) is 0 Å². The number of ether oxygens (including phenoxy) is 1. The molecule has 2 aromatic carbocycles. The van der Waals surface area contributed by atoms with Crippen molar-refractivity contribution in [2.45, 2.75) is 13.0 Å². The highest BCUT2D eigenvalue weighted by Gasteiger charge is 2.10. The van der Waals surface area contributed by atoms with Gasteiger partial charge in [-0.1, -0.05) is 35.9 Å². The number of hydrogen-bond donors (Lipinski definition) is 2. The lowest BCUT2D eigenvalue weighted by Gasteiger charge is -2.14. The minimum absolute atomic E-state index is 0.0965. The van der Waals surface area contributed by atoms with Crippen LogP contribution in [0.1, 0.15) is 11.1 Å². The molecule has 0 aliphatic heterocycles. The van der Waals surface area contributed by atoms with Crippen LogP contribution < -0.4 is 10.1 Å². The third kappa shape index (κ3) is 3.51. The summed E-state index contributed by atoms with van der Waals surface area (Å²) in [6.45, 7) is 0.733. The Morgan fingerprint density at radius 2 is 1.85 bits per heavy atom. The third-order valence-electron chi connectivity index (χ3n) is 3.00. The van der Waals surface area contributed by atoms with E-state index >= 15 is 0 Å². The van der Waals surface area contributed by atoms with E-state index in [0.717, 1.165) is 22.6 Å². The van der Waals surface area contributed by atoms with Crippen LogP contribution in [-0.4, -0.2) is 18.8 Å². The molecule has 0 saturated heterocycles. The van der Waals surface area contributed by atoms with Crippen molar-refractivity contribution in [1.82, 2.24) is 5.32 Å². The van der Waals surface area contributed by atoms with Gasteiger partial charge in [-0.05, 0) is 37.2 Å². The van der Waals surface area contributed by atoms with E-state index in [0.29, 0.717) is 18.0 Å². The summed E-state index contributed by atoms with van der Waals surface area (Å²) in [4.78, 5) is 0. The molecule has 2 N–H and O–H groups in total. The van der Waals surface area contributed by atoms with Crippen molar-refractivity contribution in [2.24, 2.45) is 0 Å². The monoisotopic (exact) mass is 291 g/mol. The molecule has 0 bridgehead atoms. The third-order valence-corrected chi connectivity index (χ3v) is 3.36. The zero-order valence-corrected chi connectivity index (χ0v) is 12.2. The Labute approximate surface area is 124 Å². The molecule has 0 aromatic heterocycles. The Morgan fingerprint density at radius 1 is 1.10 bits per heavy atom. The SMILES string of the molecule is CNCc1c(Cl)cccc1Oc1ccccc1CCO. The largest absolute Gasteiger partial charge is 0.457 e. The second kappa shape index (κ2) is 7.29. The molecule has 0 amide bonds. The normalized spacial score (nSPS) is 10.6. The molecule has 0 spiro atoms. The van der Waals surface area contributed by atoms with Gasteiger partial charge in [0.05, 0.1) is 0 Å². The molecule has 0 atom stereocenters. The van der Waals surface area contributed by atoms with Crippen LogP contribution in [0.25, 0.3) is 0 Å². The lowest BCUT2D eigenvalue weighted by atomic mass is 10.1. The van der Waals surface area contributed by atoms with Crippen molar-refractivity contribution < 1.29 is 9.84 Å². The second-order valence-corrected chi connectivity index (χ2v) is 4.84. The minimum Gasteiger partial charge on any atom is -0.457 e. The smallest absolute Gasteiger partial charge is 0.133 e. The molecule has 2 aromatic rings. The standard InChI is InChI=1S/C16H18ClNO2/c1-18-11-13-14(17)6-4-8-16(13)20-15-7-3-2-5-12(15)9-10-19/h2-8,18-19H,9-11H2,1H3. The highest BCUT2D eigenvalue weighted by molar-refractivity contribution is 6.31. The molecule has 3 nitrogen and oxygen atoms in total. The molecule has 106 valence electrons. The molecule has 0 heterocycles. The molecule has 0 radical (unpaired) electrons. The number of rotatable bonds is 6. The number of hydrogen-bond acceptors (Lipinski definition) is 3. The van der Waals surface area contributed by atoms with Crippen LogP contribution in [0, 0.1) is 0 Å². The maximum atomic E-state index is 9.11. The van der Waals surface area contributed by atoms with Gasteiger partial charge < -0.3 is 15.2 Å². The molecule has 20 heavy (non-hydrogen) atoms. The number of nitrogens with one attached hydrogen (secondary N) is 1. The first kappa shape index (κ1) is 14.9. The van der Waals surface area contributed by atoms with E-state index in [1.54, 1.807) is 0 Å². The van der Waals surface area contributed by atoms with Crippen LogP contribution in [0.2, 0.25) is 5.02 Å². The van der Waals surface area contributed by atoms with Gasteiger partial charge >= 0.3 is 0 Å². The lowest BCUT2D eigenvalue weighted by Crippen LogP contribution is -2.07. The summed E-state index contributed by atoms with van der Waals surface area (Å²) >= 11 is 6.22. The average molecular weight is 292 g/mol. The molecule has 0 unspecified atom stereocenters. The summed E-state index contributed by atoms with van der Waals surface area (Å²) in [5.41, 5.74) is 1.90. The first-order valence-corrected chi connectivity index (χ1v) is 6.92. The van der Waals surface area contributed by atoms with Crippen LogP contribution in [0.3, 0.4) is 0 Å². The van der Waals surface area contributed by atoms with Crippen molar-refractivity contribution in [3.8, 4) is 11.5 Å². The van der Waals surface area contributed by atoms with Gasteiger partial charge in [0.1, 0.15) is 11.5 Å². The van der Waals surface area contributed by atoms with E-state index in [2.05, 4.69) is 5.32 Å². The van der Waals surface area contributed by atoms with Crippen molar-refractivity contribution in [3.63, 3.8) is 0 Å². The minimum atomic E-state index is 0.0965. The zero-order valence-electron chi connectivity index (χ0n) is 11.4. The Kier molecular flexibility index (Phi) is 5.41. The number of aliphatic hydroxyl groups is 1. The Balaban J connectivity index is 2.32. The molecule has 4 heteroatoms. The molecule has 0 fully saturated rings. The lowest BCUT2D eigenvalue weighted by molar-refractivity contribution is 0.298. The Morgan fingerprint density at radius 3 is 2.60 bits per heavy atom. The fourth-order valence-electron chi connectivity index (χ4n) is 2.03. The van der Waals surface area contributed by atoms with E-state index < -0.39 is 0 Å².